The monoisotopic (exact) mass is 352 g/mol. The fraction of sp³-hybridized carbons (Fsp3) is 0.824. The van der Waals surface area contributed by atoms with Gasteiger partial charge in [0.15, 0.2) is 5.69 Å². The predicted octanol–water partition coefficient (Wildman–Crippen LogP) is 6.88. The van der Waals surface area contributed by atoms with Gasteiger partial charge in [-0.25, -0.2) is 13.5 Å². The molecule has 0 bridgehead atoms. The Morgan fingerprint density at radius 1 is 1.04 bits per heavy atom. The first-order valence-corrected chi connectivity index (χ1v) is 8.97. The van der Waals surface area contributed by atoms with Gasteiger partial charge in [-0.1, -0.05) is 70.4 Å². The highest BCUT2D eigenvalue weighted by molar-refractivity contribution is 6.31. The molecule has 1 heterocycles. The van der Waals surface area contributed by atoms with Crippen molar-refractivity contribution in [3.05, 3.63) is 16.7 Å². The van der Waals surface area contributed by atoms with Gasteiger partial charge in [0.1, 0.15) is 5.02 Å². The molecule has 1 aromatic heterocycles. The molecule has 0 aromatic carbocycles. The number of hydrogen-bond donors (Lipinski definition) is 0. The lowest BCUT2D eigenvalue weighted by Crippen LogP contribution is -2.33. The Balaban J connectivity index is 2.93. The van der Waals surface area contributed by atoms with Gasteiger partial charge in [0.05, 0.1) is 5.54 Å². The maximum Gasteiger partial charge on any atom is 0.283 e. The molecule has 1 unspecified atom stereocenters. The molecule has 0 aliphatic rings. The van der Waals surface area contributed by atoms with Gasteiger partial charge in [-0.05, 0) is 19.8 Å². The molecule has 0 saturated heterocycles. The normalized spacial score (nSPS) is 14.4. The van der Waals surface area contributed by atoms with Crippen LogP contribution < -0.4 is 0 Å². The molecule has 23 heavy (non-hydrogen) atoms. The summed E-state index contributed by atoms with van der Waals surface area (Å²) in [7, 11) is 0. The molecule has 0 radical (unpaired) electrons. The Morgan fingerprint density at radius 3 is 2.13 bits per heavy atom. The van der Waals surface area contributed by atoms with Crippen LogP contribution in [0, 0.1) is 5.95 Å². The van der Waals surface area contributed by atoms with Crippen molar-refractivity contribution in [2.45, 2.75) is 90.5 Å². The molecule has 1 atom stereocenters. The SMILES string of the molecule is CCCCCCCC(C)(CCCC)n1nc(C(F)F)c(Cl)c1F. The van der Waals surface area contributed by atoms with E-state index in [1.807, 2.05) is 6.92 Å². The van der Waals surface area contributed by atoms with Crippen LogP contribution >= 0.6 is 11.6 Å². The zero-order chi connectivity index (χ0) is 17.5. The second-order valence-electron chi connectivity index (χ2n) is 6.47. The topological polar surface area (TPSA) is 17.8 Å². The number of hydrogen-bond acceptors (Lipinski definition) is 1. The van der Waals surface area contributed by atoms with Gasteiger partial charge < -0.3 is 0 Å². The number of rotatable bonds is 11. The Bertz CT molecular complexity index is 477. The van der Waals surface area contributed by atoms with Crippen LogP contribution in [-0.2, 0) is 5.54 Å². The fourth-order valence-corrected chi connectivity index (χ4v) is 3.10. The van der Waals surface area contributed by atoms with Crippen molar-refractivity contribution in [2.24, 2.45) is 0 Å². The highest BCUT2D eigenvalue weighted by Gasteiger charge is 2.33. The average Bonchev–Trinajstić information content (AvgIpc) is 2.82. The molecule has 0 N–H and O–H groups in total. The standard InChI is InChI=1S/C17H28ClF3N2/c1-4-6-8-9-10-12-17(3,11-7-5-2)23-16(21)13(18)14(22-23)15(19)20/h15H,4-12H2,1-3H3. The van der Waals surface area contributed by atoms with Crippen molar-refractivity contribution in [1.29, 1.82) is 0 Å². The van der Waals surface area contributed by atoms with Crippen molar-refractivity contribution in [3.8, 4) is 0 Å². The van der Waals surface area contributed by atoms with Crippen molar-refractivity contribution in [2.75, 3.05) is 0 Å². The van der Waals surface area contributed by atoms with E-state index in [1.54, 1.807) is 0 Å². The third-order valence-electron chi connectivity index (χ3n) is 4.41. The fourth-order valence-electron chi connectivity index (χ4n) is 2.90. The Labute approximate surface area is 142 Å². The van der Waals surface area contributed by atoms with Gasteiger partial charge in [-0.2, -0.15) is 9.49 Å². The second kappa shape index (κ2) is 9.55. The highest BCUT2D eigenvalue weighted by atomic mass is 35.5. The van der Waals surface area contributed by atoms with Gasteiger partial charge in [0, 0.05) is 0 Å². The average molecular weight is 353 g/mol. The third kappa shape index (κ3) is 5.40. The van der Waals surface area contributed by atoms with Crippen LogP contribution in [0.4, 0.5) is 13.2 Å². The van der Waals surface area contributed by atoms with Crippen LogP contribution in [0.3, 0.4) is 0 Å². The molecule has 0 aliphatic carbocycles. The van der Waals surface area contributed by atoms with Crippen molar-refractivity contribution < 1.29 is 13.2 Å². The molecule has 134 valence electrons. The van der Waals surface area contributed by atoms with Crippen molar-refractivity contribution >= 4 is 11.6 Å². The van der Waals surface area contributed by atoms with E-state index in [4.69, 9.17) is 11.6 Å². The lowest BCUT2D eigenvalue weighted by molar-refractivity contribution is 0.140. The zero-order valence-electron chi connectivity index (χ0n) is 14.3. The van der Waals surface area contributed by atoms with Crippen molar-refractivity contribution in [1.82, 2.24) is 9.78 Å². The minimum atomic E-state index is -2.86. The molecular formula is C17H28ClF3N2. The minimum Gasteiger partial charge on any atom is -0.232 e. The molecule has 0 aliphatic heterocycles. The van der Waals surface area contributed by atoms with Crippen LogP contribution in [0.1, 0.15) is 90.7 Å². The van der Waals surface area contributed by atoms with Crippen LogP contribution in [0.5, 0.6) is 0 Å². The lowest BCUT2D eigenvalue weighted by Gasteiger charge is -2.30. The summed E-state index contributed by atoms with van der Waals surface area (Å²) in [4.78, 5) is 0. The maximum atomic E-state index is 14.4. The molecule has 1 aromatic rings. The van der Waals surface area contributed by atoms with E-state index < -0.39 is 28.6 Å². The van der Waals surface area contributed by atoms with Crippen LogP contribution in [0.25, 0.3) is 0 Å². The molecule has 6 heteroatoms. The van der Waals surface area contributed by atoms with Crippen molar-refractivity contribution in [3.63, 3.8) is 0 Å². The maximum absolute atomic E-state index is 14.4. The molecule has 0 spiro atoms. The number of halogens is 4. The molecule has 0 amide bonds. The largest absolute Gasteiger partial charge is 0.283 e. The molecule has 1 rings (SSSR count). The number of aromatic nitrogens is 2. The third-order valence-corrected chi connectivity index (χ3v) is 4.76. The van der Waals surface area contributed by atoms with E-state index in [0.29, 0.717) is 12.8 Å². The number of alkyl halides is 2. The van der Waals surface area contributed by atoms with E-state index >= 15 is 0 Å². The summed E-state index contributed by atoms with van der Waals surface area (Å²) >= 11 is 5.71. The molecule has 2 nitrogen and oxygen atoms in total. The van der Waals surface area contributed by atoms with Gasteiger partial charge in [-0.15, -0.1) is 0 Å². The minimum absolute atomic E-state index is 0.547. The van der Waals surface area contributed by atoms with Crippen LogP contribution in [0.2, 0.25) is 5.02 Å². The van der Waals surface area contributed by atoms with E-state index in [2.05, 4.69) is 18.9 Å². The van der Waals surface area contributed by atoms with Gasteiger partial charge in [-0.3, -0.25) is 0 Å². The van der Waals surface area contributed by atoms with E-state index in [9.17, 15) is 13.2 Å². The zero-order valence-corrected chi connectivity index (χ0v) is 15.1. The number of nitrogens with zero attached hydrogens (tertiary/aromatic N) is 2. The first kappa shape index (κ1) is 20.3. The van der Waals surface area contributed by atoms with Crippen LogP contribution in [-0.4, -0.2) is 9.78 Å². The second-order valence-corrected chi connectivity index (χ2v) is 6.85. The number of unbranched alkanes of at least 4 members (excludes halogenated alkanes) is 5. The first-order chi connectivity index (χ1) is 10.9. The summed E-state index contributed by atoms with van der Waals surface area (Å²) in [5.74, 6) is -0.839. The molecule has 0 saturated carbocycles. The first-order valence-electron chi connectivity index (χ1n) is 8.60. The summed E-state index contributed by atoms with van der Waals surface area (Å²) < 4.78 is 41.3. The summed E-state index contributed by atoms with van der Waals surface area (Å²) in [5.41, 5.74) is -1.26. The Hall–Kier alpha value is -0.710. The Kier molecular flexibility index (Phi) is 8.45. The molecular weight excluding hydrogens is 325 g/mol. The van der Waals surface area contributed by atoms with Gasteiger partial charge in [0.25, 0.3) is 6.43 Å². The summed E-state index contributed by atoms with van der Waals surface area (Å²) in [6.45, 7) is 6.10. The quantitative estimate of drug-likeness (QED) is 0.397. The van der Waals surface area contributed by atoms with Gasteiger partial charge in [0.2, 0.25) is 5.95 Å². The Morgan fingerprint density at radius 2 is 1.61 bits per heavy atom. The predicted molar refractivity (Wildman–Crippen MR) is 88.7 cm³/mol. The van der Waals surface area contributed by atoms with E-state index in [0.717, 1.165) is 43.2 Å². The van der Waals surface area contributed by atoms with Gasteiger partial charge >= 0.3 is 0 Å². The summed E-state index contributed by atoms with van der Waals surface area (Å²) in [6.07, 6.45) is 5.90. The highest BCUT2D eigenvalue weighted by Crippen LogP contribution is 2.36. The molecule has 0 fully saturated rings. The van der Waals surface area contributed by atoms with Crippen LogP contribution in [0.15, 0.2) is 0 Å². The summed E-state index contributed by atoms with van der Waals surface area (Å²) in [6, 6.07) is 0. The summed E-state index contributed by atoms with van der Waals surface area (Å²) in [5, 5.41) is 3.26. The lowest BCUT2D eigenvalue weighted by atomic mass is 9.88. The van der Waals surface area contributed by atoms with E-state index in [1.165, 1.54) is 6.42 Å². The smallest absolute Gasteiger partial charge is 0.232 e. The van der Waals surface area contributed by atoms with E-state index in [-0.39, 0.29) is 0 Å².